The molecule has 1 aromatic heterocycles. The molecule has 3 rings (SSSR count). The number of rotatable bonds is 1. The van der Waals surface area contributed by atoms with Gasteiger partial charge in [0.15, 0.2) is 0 Å². The van der Waals surface area contributed by atoms with E-state index in [0.717, 1.165) is 18.9 Å². The fourth-order valence-corrected chi connectivity index (χ4v) is 2.21. The van der Waals surface area contributed by atoms with Gasteiger partial charge in [-0.05, 0) is 11.8 Å². The summed E-state index contributed by atoms with van der Waals surface area (Å²) in [6.45, 7) is 2.12. The molecule has 2 aliphatic rings. The van der Waals surface area contributed by atoms with Crippen molar-refractivity contribution in [1.82, 2.24) is 9.97 Å². The van der Waals surface area contributed by atoms with E-state index in [9.17, 15) is 0 Å². The van der Waals surface area contributed by atoms with E-state index in [0.29, 0.717) is 17.9 Å². The molecule has 0 amide bonds. The van der Waals surface area contributed by atoms with Gasteiger partial charge in [-0.1, -0.05) is 0 Å². The van der Waals surface area contributed by atoms with Gasteiger partial charge in [-0.3, -0.25) is 4.98 Å². The van der Waals surface area contributed by atoms with E-state index in [4.69, 9.17) is 5.73 Å². The molecule has 0 radical (unpaired) electrons. The van der Waals surface area contributed by atoms with Crippen LogP contribution in [-0.4, -0.2) is 29.1 Å². The highest BCUT2D eigenvalue weighted by Crippen LogP contribution is 2.44. The second kappa shape index (κ2) is 2.42. The fourth-order valence-electron chi connectivity index (χ4n) is 2.21. The summed E-state index contributed by atoms with van der Waals surface area (Å²) in [5, 5.41) is 0. The summed E-state index contributed by atoms with van der Waals surface area (Å²) in [6.07, 6.45) is 5.25. The van der Waals surface area contributed by atoms with Crippen LogP contribution >= 0.6 is 0 Å². The predicted octanol–water partition coefficient (Wildman–Crippen LogP) is -0.130. The first-order valence-corrected chi connectivity index (χ1v) is 4.63. The molecule has 0 aromatic carbocycles. The molecule has 2 fully saturated rings. The number of nitrogens with two attached hydrogens (primary N) is 1. The van der Waals surface area contributed by atoms with Crippen LogP contribution in [0.4, 0.5) is 5.82 Å². The van der Waals surface area contributed by atoms with E-state index >= 15 is 0 Å². The Hall–Kier alpha value is -1.16. The Morgan fingerprint density at radius 2 is 2.08 bits per heavy atom. The zero-order chi connectivity index (χ0) is 8.84. The average Bonchev–Trinajstić information content (AvgIpc) is 2.67. The number of piperidine rings is 1. The van der Waals surface area contributed by atoms with Crippen LogP contribution in [-0.2, 0) is 0 Å². The maximum Gasteiger partial charge on any atom is 0.147 e. The average molecular weight is 176 g/mol. The van der Waals surface area contributed by atoms with Gasteiger partial charge in [0.05, 0.1) is 6.20 Å². The number of nitrogens with zero attached hydrogens (tertiary/aromatic N) is 3. The minimum Gasteiger partial charge on any atom is -0.355 e. The Balaban J connectivity index is 1.76. The third-order valence-corrected chi connectivity index (χ3v) is 3.13. The lowest BCUT2D eigenvalue weighted by Gasteiger charge is -2.18. The number of hydrogen-bond donors (Lipinski definition) is 1. The Morgan fingerprint density at radius 3 is 2.69 bits per heavy atom. The molecule has 0 bridgehead atoms. The van der Waals surface area contributed by atoms with Gasteiger partial charge in [-0.2, -0.15) is 0 Å². The van der Waals surface area contributed by atoms with E-state index in [-0.39, 0.29) is 0 Å². The molecule has 13 heavy (non-hydrogen) atoms. The molecule has 1 saturated heterocycles. The van der Waals surface area contributed by atoms with Crippen LogP contribution in [0.25, 0.3) is 0 Å². The summed E-state index contributed by atoms with van der Waals surface area (Å²) < 4.78 is 0. The molecule has 1 aromatic rings. The van der Waals surface area contributed by atoms with Crippen LogP contribution in [0, 0.1) is 11.8 Å². The van der Waals surface area contributed by atoms with Crippen molar-refractivity contribution < 1.29 is 0 Å². The second-order valence-corrected chi connectivity index (χ2v) is 3.87. The molecular formula is C9H12N4. The first-order valence-electron chi connectivity index (χ1n) is 4.63. The van der Waals surface area contributed by atoms with E-state index in [1.165, 1.54) is 0 Å². The lowest BCUT2D eigenvalue weighted by Crippen LogP contribution is -2.28. The second-order valence-electron chi connectivity index (χ2n) is 3.87. The molecule has 2 N–H and O–H groups in total. The topological polar surface area (TPSA) is 55.0 Å². The maximum atomic E-state index is 5.85. The summed E-state index contributed by atoms with van der Waals surface area (Å²) in [4.78, 5) is 10.6. The minimum absolute atomic E-state index is 0.452. The molecule has 1 saturated carbocycles. The van der Waals surface area contributed by atoms with Crippen LogP contribution < -0.4 is 10.6 Å². The number of aromatic nitrogens is 2. The van der Waals surface area contributed by atoms with Crippen molar-refractivity contribution in [2.45, 2.75) is 6.04 Å². The van der Waals surface area contributed by atoms with Gasteiger partial charge in [-0.25, -0.2) is 4.98 Å². The summed E-state index contributed by atoms with van der Waals surface area (Å²) in [5.74, 6) is 2.41. The summed E-state index contributed by atoms with van der Waals surface area (Å²) in [6, 6.07) is 0.452. The molecule has 0 unspecified atom stereocenters. The lowest BCUT2D eigenvalue weighted by molar-refractivity contribution is 0.733. The van der Waals surface area contributed by atoms with E-state index in [1.807, 2.05) is 6.20 Å². The molecule has 68 valence electrons. The van der Waals surface area contributed by atoms with Crippen LogP contribution in [0.2, 0.25) is 0 Å². The van der Waals surface area contributed by atoms with Crippen LogP contribution in [0.15, 0.2) is 18.6 Å². The number of anilines is 1. The highest BCUT2D eigenvalue weighted by atomic mass is 15.2. The maximum absolute atomic E-state index is 5.85. The third kappa shape index (κ3) is 1.02. The van der Waals surface area contributed by atoms with Crippen molar-refractivity contribution in [3.05, 3.63) is 18.6 Å². The summed E-state index contributed by atoms with van der Waals surface area (Å²) in [5.41, 5.74) is 5.85. The number of fused-ring (bicyclic) bond motifs is 1. The van der Waals surface area contributed by atoms with Gasteiger partial charge in [-0.15, -0.1) is 0 Å². The summed E-state index contributed by atoms with van der Waals surface area (Å²) in [7, 11) is 0. The van der Waals surface area contributed by atoms with Crippen molar-refractivity contribution in [2.24, 2.45) is 17.6 Å². The first kappa shape index (κ1) is 7.26. The molecule has 2 heterocycles. The van der Waals surface area contributed by atoms with Crippen molar-refractivity contribution in [1.29, 1.82) is 0 Å². The van der Waals surface area contributed by atoms with Crippen molar-refractivity contribution >= 4 is 5.82 Å². The third-order valence-electron chi connectivity index (χ3n) is 3.13. The smallest absolute Gasteiger partial charge is 0.147 e. The Bertz CT molecular complexity index is 301. The SMILES string of the molecule is NC1[C@@H]2CN(c3cnccn3)C[C@@H]12. The zero-order valence-corrected chi connectivity index (χ0v) is 7.30. The van der Waals surface area contributed by atoms with Gasteiger partial charge < -0.3 is 10.6 Å². The van der Waals surface area contributed by atoms with Crippen LogP contribution in [0.1, 0.15) is 0 Å². The van der Waals surface area contributed by atoms with Gasteiger partial charge in [0.1, 0.15) is 5.82 Å². The van der Waals surface area contributed by atoms with E-state index in [1.54, 1.807) is 12.4 Å². The Morgan fingerprint density at radius 1 is 1.31 bits per heavy atom. The Kier molecular flexibility index (Phi) is 1.35. The molecule has 1 aliphatic carbocycles. The molecule has 4 heteroatoms. The summed E-state index contributed by atoms with van der Waals surface area (Å²) >= 11 is 0. The van der Waals surface area contributed by atoms with E-state index in [2.05, 4.69) is 14.9 Å². The molecule has 4 nitrogen and oxygen atoms in total. The first-order chi connectivity index (χ1) is 6.36. The highest BCUT2D eigenvalue weighted by molar-refractivity contribution is 5.40. The monoisotopic (exact) mass is 176 g/mol. The molecule has 1 aliphatic heterocycles. The fraction of sp³-hybridized carbons (Fsp3) is 0.556. The van der Waals surface area contributed by atoms with Crippen molar-refractivity contribution in [3.63, 3.8) is 0 Å². The van der Waals surface area contributed by atoms with Crippen LogP contribution in [0.3, 0.4) is 0 Å². The molecule has 0 spiro atoms. The van der Waals surface area contributed by atoms with Crippen molar-refractivity contribution in [2.75, 3.05) is 18.0 Å². The standard InChI is InChI=1S/C9H12N4/c10-9-6-4-13(5-7(6)9)8-3-11-1-2-12-8/h1-3,6-7,9H,4-5,10H2/t6-,7-/m1/s1. The normalized spacial score (nSPS) is 36.1. The van der Waals surface area contributed by atoms with Crippen LogP contribution in [0.5, 0.6) is 0 Å². The van der Waals surface area contributed by atoms with Gasteiger partial charge in [0.25, 0.3) is 0 Å². The predicted molar refractivity (Wildman–Crippen MR) is 49.2 cm³/mol. The number of hydrogen-bond acceptors (Lipinski definition) is 4. The van der Waals surface area contributed by atoms with Gasteiger partial charge >= 0.3 is 0 Å². The van der Waals surface area contributed by atoms with E-state index < -0.39 is 0 Å². The largest absolute Gasteiger partial charge is 0.355 e. The lowest BCUT2D eigenvalue weighted by atomic mass is 10.4. The molecular weight excluding hydrogens is 164 g/mol. The quantitative estimate of drug-likeness (QED) is 0.647. The zero-order valence-electron chi connectivity index (χ0n) is 7.30. The van der Waals surface area contributed by atoms with Gasteiger partial charge in [0, 0.05) is 31.5 Å². The van der Waals surface area contributed by atoms with Crippen molar-refractivity contribution in [3.8, 4) is 0 Å². The van der Waals surface area contributed by atoms with Gasteiger partial charge in [0.2, 0.25) is 0 Å². The Labute approximate surface area is 76.8 Å². The highest BCUT2D eigenvalue weighted by Gasteiger charge is 2.53. The minimum atomic E-state index is 0.452. The molecule has 2 atom stereocenters.